The summed E-state index contributed by atoms with van der Waals surface area (Å²) < 4.78 is 31.5. The zero-order valence-electron chi connectivity index (χ0n) is 15.2. The molecule has 0 radical (unpaired) electrons. The van der Waals surface area contributed by atoms with E-state index >= 15 is 0 Å². The molecule has 6 heteroatoms. The summed E-state index contributed by atoms with van der Waals surface area (Å²) in [6, 6.07) is 0. The Morgan fingerprint density at radius 1 is 0.625 bits per heavy atom. The average molecular weight is 374 g/mol. The molecule has 0 aromatic rings. The third-order valence-electron chi connectivity index (χ3n) is 4.31. The van der Waals surface area contributed by atoms with Crippen LogP contribution in [0.3, 0.4) is 0 Å². The molecule has 0 aliphatic heterocycles. The fraction of sp³-hybridized carbons (Fsp3) is 1.00. The number of hydrogen-bond donors (Lipinski definition) is 2. The molecule has 0 aromatic carbocycles. The Morgan fingerprint density at radius 3 is 1.21 bits per heavy atom. The summed E-state index contributed by atoms with van der Waals surface area (Å²) in [7, 11) is -3.99. The maximum absolute atomic E-state index is 10.4. The minimum atomic E-state index is -3.99. The van der Waals surface area contributed by atoms with Crippen LogP contribution in [0.2, 0.25) is 0 Å². The van der Waals surface area contributed by atoms with Crippen molar-refractivity contribution in [1.82, 2.24) is 4.72 Å². The molecule has 0 fully saturated rings. The molecular weight excluding hydrogens is 333 g/mol. The molecule has 0 atom stereocenters. The van der Waals surface area contributed by atoms with Gasteiger partial charge in [0.2, 0.25) is 0 Å². The zero-order chi connectivity index (χ0) is 17.2. The van der Waals surface area contributed by atoms with Crippen molar-refractivity contribution in [3.05, 3.63) is 0 Å². The van der Waals surface area contributed by atoms with Gasteiger partial charge in [0, 0.05) is 6.54 Å². The molecule has 0 aliphatic carbocycles. The molecule has 0 heterocycles. The third kappa shape index (κ3) is 25.1. The van der Waals surface area contributed by atoms with Gasteiger partial charge >= 0.3 is 39.9 Å². The molecule has 0 spiro atoms. The van der Waals surface area contributed by atoms with E-state index in [9.17, 15) is 8.42 Å². The number of rotatable bonds is 18. The molecule has 0 bridgehead atoms. The van der Waals surface area contributed by atoms with E-state index in [1.807, 2.05) is 0 Å². The second-order valence-corrected chi connectivity index (χ2v) is 7.91. The summed E-state index contributed by atoms with van der Waals surface area (Å²) in [5, 5.41) is 0. The molecular formula is C18H40NNaO3S. The monoisotopic (exact) mass is 373 g/mol. The molecule has 2 N–H and O–H groups in total. The van der Waals surface area contributed by atoms with Crippen molar-refractivity contribution in [3.8, 4) is 0 Å². The summed E-state index contributed by atoms with van der Waals surface area (Å²) in [5.74, 6) is 0. The van der Waals surface area contributed by atoms with Gasteiger partial charge in [-0.2, -0.15) is 13.1 Å². The van der Waals surface area contributed by atoms with E-state index in [-0.39, 0.29) is 29.6 Å². The van der Waals surface area contributed by atoms with Gasteiger partial charge in [0.25, 0.3) is 0 Å². The van der Waals surface area contributed by atoms with Crippen molar-refractivity contribution in [2.24, 2.45) is 0 Å². The fourth-order valence-corrected chi connectivity index (χ4v) is 3.28. The van der Waals surface area contributed by atoms with E-state index in [0.717, 1.165) is 19.3 Å². The molecule has 0 aromatic heterocycles. The van der Waals surface area contributed by atoms with Gasteiger partial charge in [-0.3, -0.25) is 4.55 Å². The van der Waals surface area contributed by atoms with Crippen molar-refractivity contribution in [3.63, 3.8) is 0 Å². The third-order valence-corrected chi connectivity index (χ3v) is 4.88. The van der Waals surface area contributed by atoms with Crippen LogP contribution in [0.15, 0.2) is 0 Å². The van der Waals surface area contributed by atoms with E-state index < -0.39 is 10.3 Å². The van der Waals surface area contributed by atoms with E-state index in [0.29, 0.717) is 6.54 Å². The van der Waals surface area contributed by atoms with Crippen LogP contribution in [0.1, 0.15) is 110 Å². The van der Waals surface area contributed by atoms with E-state index in [1.54, 1.807) is 0 Å². The van der Waals surface area contributed by atoms with Crippen LogP contribution in [-0.4, -0.2) is 49.1 Å². The van der Waals surface area contributed by atoms with E-state index in [2.05, 4.69) is 11.6 Å². The first-order chi connectivity index (χ1) is 11.1. The maximum atomic E-state index is 10.4. The summed E-state index contributed by atoms with van der Waals surface area (Å²) in [6.07, 6.45) is 20.8. The SMILES string of the molecule is CCCCCCCCCCCCCCCCCCNS(=O)(=O)O.[NaH]. The van der Waals surface area contributed by atoms with Crippen LogP contribution < -0.4 is 4.72 Å². The number of hydrogen-bond acceptors (Lipinski definition) is 2. The summed E-state index contributed by atoms with van der Waals surface area (Å²) in [6.45, 7) is 2.61. The molecule has 0 rings (SSSR count). The summed E-state index contributed by atoms with van der Waals surface area (Å²) in [4.78, 5) is 0. The van der Waals surface area contributed by atoms with Crippen molar-refractivity contribution in [2.75, 3.05) is 6.54 Å². The second kappa shape index (κ2) is 20.2. The van der Waals surface area contributed by atoms with Gasteiger partial charge in [-0.05, 0) is 6.42 Å². The standard InChI is InChI=1S/C18H39NO3S.Na.H/c1-2-3-4-5-6-7-8-9-10-11-12-13-14-15-16-17-18-19-23(20,21)22;;/h19H,2-18H2,1H3,(H,20,21,22);;. The first-order valence-corrected chi connectivity index (χ1v) is 11.2. The van der Waals surface area contributed by atoms with Crippen molar-refractivity contribution in [2.45, 2.75) is 110 Å². The quantitative estimate of drug-likeness (QED) is 0.202. The molecule has 0 unspecified atom stereocenters. The van der Waals surface area contributed by atoms with Gasteiger partial charge in [0.05, 0.1) is 0 Å². The number of nitrogens with one attached hydrogen (secondary N) is 1. The van der Waals surface area contributed by atoms with Gasteiger partial charge in [-0.25, -0.2) is 0 Å². The fourth-order valence-electron chi connectivity index (χ4n) is 2.87. The molecule has 0 saturated heterocycles. The van der Waals surface area contributed by atoms with Gasteiger partial charge in [-0.1, -0.05) is 103 Å². The van der Waals surface area contributed by atoms with Gasteiger partial charge < -0.3 is 0 Å². The molecule has 0 saturated carbocycles. The molecule has 142 valence electrons. The van der Waals surface area contributed by atoms with Crippen LogP contribution in [0, 0.1) is 0 Å². The zero-order valence-corrected chi connectivity index (χ0v) is 16.0. The number of unbranched alkanes of at least 4 members (excludes halogenated alkanes) is 15. The van der Waals surface area contributed by atoms with Gasteiger partial charge in [0.15, 0.2) is 0 Å². The van der Waals surface area contributed by atoms with Crippen LogP contribution >= 0.6 is 0 Å². The second-order valence-electron chi connectivity index (χ2n) is 6.67. The predicted octanol–water partition coefficient (Wildman–Crippen LogP) is 4.99. The Hall–Kier alpha value is 0.870. The van der Waals surface area contributed by atoms with Gasteiger partial charge in [-0.15, -0.1) is 0 Å². The van der Waals surface area contributed by atoms with Crippen LogP contribution in [0.25, 0.3) is 0 Å². The topological polar surface area (TPSA) is 66.4 Å². The minimum absolute atomic E-state index is 0. The molecule has 24 heavy (non-hydrogen) atoms. The first-order valence-electron chi connectivity index (χ1n) is 9.78. The molecule has 0 amide bonds. The summed E-state index contributed by atoms with van der Waals surface area (Å²) in [5.41, 5.74) is 0. The van der Waals surface area contributed by atoms with Crippen molar-refractivity contribution in [1.29, 1.82) is 0 Å². The van der Waals surface area contributed by atoms with E-state index in [1.165, 1.54) is 83.5 Å². The normalized spacial score (nSPS) is 11.4. The van der Waals surface area contributed by atoms with Gasteiger partial charge in [0.1, 0.15) is 0 Å². The van der Waals surface area contributed by atoms with Crippen LogP contribution in [-0.2, 0) is 10.3 Å². The molecule has 0 aliphatic rings. The Balaban J connectivity index is 0. The summed E-state index contributed by atoms with van der Waals surface area (Å²) >= 11 is 0. The van der Waals surface area contributed by atoms with Crippen molar-refractivity contribution < 1.29 is 13.0 Å². The first kappa shape index (κ1) is 27.1. The Kier molecular flexibility index (Phi) is 22.8. The Morgan fingerprint density at radius 2 is 0.917 bits per heavy atom. The molecule has 4 nitrogen and oxygen atoms in total. The van der Waals surface area contributed by atoms with Crippen LogP contribution in [0.5, 0.6) is 0 Å². The van der Waals surface area contributed by atoms with Crippen molar-refractivity contribution >= 4 is 39.9 Å². The van der Waals surface area contributed by atoms with E-state index in [4.69, 9.17) is 4.55 Å². The average Bonchev–Trinajstić information content (AvgIpc) is 2.49. The Labute approximate surface area is 173 Å². The van der Waals surface area contributed by atoms with Crippen LogP contribution in [0.4, 0.5) is 0 Å². The Bertz CT molecular complexity index is 337. The predicted molar refractivity (Wildman–Crippen MR) is 106 cm³/mol.